The standard InChI is InChI=1S/C29H23Cl2N3O2S/c1-18-6-8-19(9-7-18)22-16-26(20-10-12-21(36-2)13-11-20)34-29(23(22)17-32)37-15-14-27(35)33-25-5-3-4-24(30)28(25)31/h3-13,16H,14-15H2,1-2H3,(H,33,35). The summed E-state index contributed by atoms with van der Waals surface area (Å²) in [6, 6.07) is 25.0. The highest BCUT2D eigenvalue weighted by Gasteiger charge is 2.17. The molecule has 8 heteroatoms. The molecule has 1 heterocycles. The number of anilines is 1. The van der Waals surface area contributed by atoms with Gasteiger partial charge in [-0.2, -0.15) is 5.26 Å². The van der Waals surface area contributed by atoms with Crippen molar-refractivity contribution in [1.82, 2.24) is 4.98 Å². The molecule has 0 fully saturated rings. The van der Waals surface area contributed by atoms with Crippen LogP contribution in [0.1, 0.15) is 17.5 Å². The van der Waals surface area contributed by atoms with E-state index in [1.165, 1.54) is 11.8 Å². The number of carbonyl (C=O) groups is 1. The first-order valence-corrected chi connectivity index (χ1v) is 13.2. The Labute approximate surface area is 230 Å². The van der Waals surface area contributed by atoms with Crippen LogP contribution in [0.25, 0.3) is 22.4 Å². The quantitative estimate of drug-likeness (QED) is 0.226. The molecule has 4 rings (SSSR count). The first-order valence-electron chi connectivity index (χ1n) is 11.4. The molecule has 0 radical (unpaired) electrons. The molecule has 5 nitrogen and oxygen atoms in total. The number of nitrogens with zero attached hydrogens (tertiary/aromatic N) is 2. The lowest BCUT2D eigenvalue weighted by molar-refractivity contribution is -0.115. The van der Waals surface area contributed by atoms with Gasteiger partial charge < -0.3 is 10.1 Å². The van der Waals surface area contributed by atoms with E-state index in [9.17, 15) is 10.1 Å². The number of amides is 1. The highest BCUT2D eigenvalue weighted by Crippen LogP contribution is 2.35. The molecule has 0 saturated heterocycles. The van der Waals surface area contributed by atoms with Gasteiger partial charge in [0.2, 0.25) is 5.91 Å². The first-order chi connectivity index (χ1) is 17.9. The second-order valence-corrected chi connectivity index (χ2v) is 10.1. The molecule has 1 amide bonds. The molecule has 0 saturated carbocycles. The van der Waals surface area contributed by atoms with E-state index in [1.54, 1.807) is 25.3 Å². The lowest BCUT2D eigenvalue weighted by Crippen LogP contribution is -2.12. The smallest absolute Gasteiger partial charge is 0.225 e. The zero-order valence-corrected chi connectivity index (χ0v) is 22.5. The molecule has 0 aliphatic heterocycles. The average molecular weight is 548 g/mol. The summed E-state index contributed by atoms with van der Waals surface area (Å²) in [5.74, 6) is 0.960. The Bertz CT molecular complexity index is 1470. The Hall–Kier alpha value is -3.50. The predicted molar refractivity (Wildman–Crippen MR) is 152 cm³/mol. The lowest BCUT2D eigenvalue weighted by atomic mass is 9.98. The Balaban J connectivity index is 1.62. The number of aryl methyl sites for hydroxylation is 1. The summed E-state index contributed by atoms with van der Waals surface area (Å²) < 4.78 is 5.28. The molecule has 0 atom stereocenters. The van der Waals surface area contributed by atoms with E-state index in [2.05, 4.69) is 11.4 Å². The Kier molecular flexibility index (Phi) is 8.73. The fraction of sp³-hybridized carbons (Fsp3) is 0.138. The van der Waals surface area contributed by atoms with E-state index >= 15 is 0 Å². The van der Waals surface area contributed by atoms with Crippen molar-refractivity contribution in [2.24, 2.45) is 0 Å². The van der Waals surface area contributed by atoms with Gasteiger partial charge in [0, 0.05) is 23.3 Å². The highest BCUT2D eigenvalue weighted by molar-refractivity contribution is 7.99. The van der Waals surface area contributed by atoms with Crippen molar-refractivity contribution in [3.8, 4) is 34.2 Å². The second kappa shape index (κ2) is 12.2. The van der Waals surface area contributed by atoms with Crippen LogP contribution in [0.5, 0.6) is 5.75 Å². The number of carbonyl (C=O) groups excluding carboxylic acids is 1. The molecule has 0 aliphatic rings. The number of hydrogen-bond acceptors (Lipinski definition) is 5. The van der Waals surface area contributed by atoms with Crippen LogP contribution in [0, 0.1) is 18.3 Å². The summed E-state index contributed by atoms with van der Waals surface area (Å²) in [6.45, 7) is 2.02. The molecule has 4 aromatic rings. The number of halogens is 2. The minimum atomic E-state index is -0.208. The molecule has 1 aromatic heterocycles. The SMILES string of the molecule is COc1ccc(-c2cc(-c3ccc(C)cc3)c(C#N)c(SCCC(=O)Nc3cccc(Cl)c3Cl)n2)cc1. The summed E-state index contributed by atoms with van der Waals surface area (Å²) in [5, 5.41) is 14.1. The number of pyridine rings is 1. The van der Waals surface area contributed by atoms with Gasteiger partial charge in [0.1, 0.15) is 16.8 Å². The third-order valence-electron chi connectivity index (χ3n) is 5.64. The molecular weight excluding hydrogens is 525 g/mol. The number of benzene rings is 3. The van der Waals surface area contributed by atoms with Gasteiger partial charge in [-0.05, 0) is 55.0 Å². The topological polar surface area (TPSA) is 75.0 Å². The third-order valence-corrected chi connectivity index (χ3v) is 7.44. The first kappa shape index (κ1) is 26.6. The van der Waals surface area contributed by atoms with Gasteiger partial charge >= 0.3 is 0 Å². The number of rotatable bonds is 8. The van der Waals surface area contributed by atoms with Crippen molar-refractivity contribution in [3.63, 3.8) is 0 Å². The van der Waals surface area contributed by atoms with Gasteiger partial charge in [-0.3, -0.25) is 4.79 Å². The molecule has 0 aliphatic carbocycles. The van der Waals surface area contributed by atoms with Crippen LogP contribution >= 0.6 is 35.0 Å². The summed E-state index contributed by atoms with van der Waals surface area (Å²) in [5.41, 5.74) is 5.42. The minimum absolute atomic E-state index is 0.201. The van der Waals surface area contributed by atoms with Gasteiger partial charge in [-0.25, -0.2) is 4.98 Å². The van der Waals surface area contributed by atoms with Crippen LogP contribution < -0.4 is 10.1 Å². The molecule has 0 unspecified atom stereocenters. The van der Waals surface area contributed by atoms with Gasteiger partial charge in [0.05, 0.1) is 34.1 Å². The summed E-state index contributed by atoms with van der Waals surface area (Å²) in [6.07, 6.45) is 0.201. The lowest BCUT2D eigenvalue weighted by Gasteiger charge is -2.13. The number of aromatic nitrogens is 1. The summed E-state index contributed by atoms with van der Waals surface area (Å²) in [7, 11) is 1.62. The largest absolute Gasteiger partial charge is 0.497 e. The maximum absolute atomic E-state index is 12.6. The molecular formula is C29H23Cl2N3O2S. The number of methoxy groups -OCH3 is 1. The zero-order chi connectivity index (χ0) is 26.4. The van der Waals surface area contributed by atoms with Crippen LogP contribution in [0.3, 0.4) is 0 Å². The van der Waals surface area contributed by atoms with E-state index in [0.717, 1.165) is 33.7 Å². The third kappa shape index (κ3) is 6.44. The van der Waals surface area contributed by atoms with E-state index in [0.29, 0.717) is 32.1 Å². The van der Waals surface area contributed by atoms with Crippen molar-refractivity contribution >= 4 is 46.6 Å². The van der Waals surface area contributed by atoms with Crippen LogP contribution in [0.15, 0.2) is 77.8 Å². The zero-order valence-electron chi connectivity index (χ0n) is 20.2. The van der Waals surface area contributed by atoms with Crippen molar-refractivity contribution in [3.05, 3.63) is 94.0 Å². The number of nitriles is 1. The van der Waals surface area contributed by atoms with Gasteiger partial charge in [0.15, 0.2) is 0 Å². The molecule has 1 N–H and O–H groups in total. The summed E-state index contributed by atoms with van der Waals surface area (Å²) >= 11 is 13.6. The molecule has 37 heavy (non-hydrogen) atoms. The van der Waals surface area contributed by atoms with Gasteiger partial charge in [0.25, 0.3) is 0 Å². The summed E-state index contributed by atoms with van der Waals surface area (Å²) in [4.78, 5) is 17.4. The van der Waals surface area contributed by atoms with Crippen LogP contribution in [-0.2, 0) is 4.79 Å². The van der Waals surface area contributed by atoms with E-state index in [4.69, 9.17) is 32.9 Å². The highest BCUT2D eigenvalue weighted by atomic mass is 35.5. The van der Waals surface area contributed by atoms with Crippen LogP contribution in [0.4, 0.5) is 5.69 Å². The maximum Gasteiger partial charge on any atom is 0.225 e. The number of hydrogen-bond donors (Lipinski definition) is 1. The normalized spacial score (nSPS) is 10.6. The molecule has 3 aromatic carbocycles. The Morgan fingerprint density at radius 2 is 1.76 bits per heavy atom. The number of thioether (sulfide) groups is 1. The monoisotopic (exact) mass is 547 g/mol. The van der Waals surface area contributed by atoms with E-state index in [1.807, 2.05) is 61.5 Å². The van der Waals surface area contributed by atoms with Crippen LogP contribution in [0.2, 0.25) is 10.0 Å². The maximum atomic E-state index is 12.6. The van der Waals surface area contributed by atoms with Crippen LogP contribution in [-0.4, -0.2) is 23.8 Å². The number of ether oxygens (including phenoxy) is 1. The van der Waals surface area contributed by atoms with Gasteiger partial charge in [-0.15, -0.1) is 11.8 Å². The Morgan fingerprint density at radius 3 is 2.43 bits per heavy atom. The van der Waals surface area contributed by atoms with Crippen molar-refractivity contribution in [1.29, 1.82) is 5.26 Å². The van der Waals surface area contributed by atoms with Crippen molar-refractivity contribution < 1.29 is 9.53 Å². The fourth-order valence-corrected chi connectivity index (χ4v) is 4.95. The molecule has 186 valence electrons. The molecule has 0 bridgehead atoms. The molecule has 0 spiro atoms. The Morgan fingerprint density at radius 1 is 1.05 bits per heavy atom. The minimum Gasteiger partial charge on any atom is -0.497 e. The fourth-order valence-electron chi connectivity index (χ4n) is 3.66. The van der Waals surface area contributed by atoms with Gasteiger partial charge in [-0.1, -0.05) is 59.1 Å². The second-order valence-electron chi connectivity index (χ2n) is 8.19. The predicted octanol–water partition coefficient (Wildman–Crippen LogP) is 8.03. The van der Waals surface area contributed by atoms with Crippen molar-refractivity contribution in [2.45, 2.75) is 18.4 Å². The van der Waals surface area contributed by atoms with E-state index in [-0.39, 0.29) is 12.3 Å². The van der Waals surface area contributed by atoms with Crippen molar-refractivity contribution in [2.75, 3.05) is 18.2 Å². The number of nitrogens with one attached hydrogen (secondary N) is 1. The van der Waals surface area contributed by atoms with E-state index < -0.39 is 0 Å². The average Bonchev–Trinajstić information content (AvgIpc) is 2.91.